The Morgan fingerprint density at radius 2 is 0.857 bits per heavy atom. The van der Waals surface area contributed by atoms with Crippen LogP contribution in [0.2, 0.25) is 0 Å². The number of benzene rings is 2. The molecule has 0 fully saturated rings. The number of hydrogen-bond donors (Lipinski definition) is 8. The number of aliphatic carboxylic acids is 1. The van der Waals surface area contributed by atoms with E-state index in [0.29, 0.717) is 174 Å². The van der Waals surface area contributed by atoms with Gasteiger partial charge in [0.2, 0.25) is 27.7 Å². The van der Waals surface area contributed by atoms with E-state index in [9.17, 15) is 41.7 Å². The Morgan fingerprint density at radius 1 is 0.488 bits per heavy atom. The summed E-state index contributed by atoms with van der Waals surface area (Å²) in [4.78, 5) is 65.1. The van der Waals surface area contributed by atoms with E-state index in [2.05, 4.69) is 33.3 Å². The molecular weight excluding hydrogens is 1170 g/mol. The van der Waals surface area contributed by atoms with Crippen molar-refractivity contribution < 1.29 is 103 Å². The molecular formula is C52H87N7O22S3. The zero-order valence-electron chi connectivity index (χ0n) is 47.7. The van der Waals surface area contributed by atoms with E-state index in [1.165, 1.54) is 58.3 Å². The topological polar surface area (TPSA) is 368 Å². The number of ketones is 1. The number of rotatable bonds is 58. The minimum absolute atomic E-state index is 0.0107. The van der Waals surface area contributed by atoms with Gasteiger partial charge in [0.1, 0.15) is 0 Å². The molecule has 0 aliphatic carbocycles. The van der Waals surface area contributed by atoms with Crippen LogP contribution in [0.15, 0.2) is 53.4 Å². The third-order valence-electron chi connectivity index (χ3n) is 10.8. The van der Waals surface area contributed by atoms with Gasteiger partial charge in [-0.2, -0.15) is 12.6 Å². The first-order chi connectivity index (χ1) is 40.6. The van der Waals surface area contributed by atoms with E-state index < -0.39 is 45.6 Å². The molecule has 1 atom stereocenters. The van der Waals surface area contributed by atoms with E-state index in [1.54, 1.807) is 0 Å². The Kier molecular flexibility index (Phi) is 45.7. The number of amides is 3. The van der Waals surface area contributed by atoms with Crippen molar-refractivity contribution in [2.45, 2.75) is 17.7 Å². The van der Waals surface area contributed by atoms with Crippen molar-refractivity contribution in [2.75, 3.05) is 227 Å². The van der Waals surface area contributed by atoms with Crippen LogP contribution in [-0.2, 0) is 109 Å². The molecule has 0 aliphatic rings. The summed E-state index contributed by atoms with van der Waals surface area (Å²) in [5.74, 6) is -1.98. The van der Waals surface area contributed by atoms with Crippen LogP contribution in [0.1, 0.15) is 12.0 Å². The number of carbonyl (C=O) groups is 5. The maximum Gasteiger partial charge on any atom is 0.317 e. The Morgan fingerprint density at radius 3 is 1.25 bits per heavy atom. The van der Waals surface area contributed by atoms with Crippen LogP contribution < -0.4 is 25.8 Å². The van der Waals surface area contributed by atoms with Crippen molar-refractivity contribution in [1.29, 1.82) is 0 Å². The number of carbonyl (C=O) groups excluding carboxylic acids is 4. The smallest absolute Gasteiger partial charge is 0.317 e. The molecule has 8 N–H and O–H groups in total. The molecule has 0 saturated heterocycles. The Labute approximate surface area is 500 Å². The highest BCUT2D eigenvalue weighted by atomic mass is 32.2. The van der Waals surface area contributed by atoms with Crippen LogP contribution >= 0.6 is 12.6 Å². The average Bonchev–Trinajstić information content (AvgIpc) is 3.62. The zero-order chi connectivity index (χ0) is 61.1. The molecule has 29 nitrogen and oxygen atoms in total. The standard InChI is InChI=1S/C52H87N7O22S3/c53-84(68,69)48-7-1-44(2-8-48)39-47(60)40-58(12-13-59(43-52(64)65)42-51(63)56-45-3-5-46(6-4-45)57-83(66)67)41-50(62)54-10-15-71-17-19-73-21-23-75-25-27-77-29-31-79-33-35-81-37-36-80-34-32-78-30-28-76-26-24-74-22-20-72-18-16-70-14-9-49(61)55-11-38-82/h1-8,57,82H,9-43H2,(H,54,62)(H,55,61)(H,56,63)(H,64,65)(H,66,67)(H2,53,68,69). The maximum absolute atomic E-state index is 13.2. The summed E-state index contributed by atoms with van der Waals surface area (Å²) in [7, 11) is -3.94. The van der Waals surface area contributed by atoms with Crippen LogP contribution in [0.3, 0.4) is 0 Å². The number of thiol groups is 1. The predicted molar refractivity (Wildman–Crippen MR) is 311 cm³/mol. The van der Waals surface area contributed by atoms with Gasteiger partial charge in [-0.3, -0.25) is 43.0 Å². The van der Waals surface area contributed by atoms with E-state index in [0.717, 1.165) is 0 Å². The third kappa shape index (κ3) is 45.0. The highest BCUT2D eigenvalue weighted by Crippen LogP contribution is 2.14. The molecule has 0 saturated carbocycles. The van der Waals surface area contributed by atoms with E-state index in [4.69, 9.17) is 66.5 Å². The van der Waals surface area contributed by atoms with Crippen molar-refractivity contribution in [1.82, 2.24) is 20.4 Å². The van der Waals surface area contributed by atoms with Crippen LogP contribution in [0.25, 0.3) is 0 Å². The number of ether oxygens (including phenoxy) is 12. The number of nitrogens with two attached hydrogens (primary N) is 1. The molecule has 3 amide bonds. The summed E-state index contributed by atoms with van der Waals surface area (Å²) in [6, 6.07) is 11.4. The van der Waals surface area contributed by atoms with Gasteiger partial charge in [0.25, 0.3) is 11.3 Å². The Hall–Kier alpha value is -4.40. The monoisotopic (exact) mass is 1260 g/mol. The largest absolute Gasteiger partial charge is 0.480 e. The number of carboxylic acid groups (broad SMARTS) is 1. The zero-order valence-corrected chi connectivity index (χ0v) is 50.2. The fourth-order valence-electron chi connectivity index (χ4n) is 6.85. The summed E-state index contributed by atoms with van der Waals surface area (Å²) in [5, 5.41) is 22.9. The fourth-order valence-corrected chi connectivity index (χ4v) is 7.81. The number of carboxylic acids is 1. The number of anilines is 2. The van der Waals surface area contributed by atoms with Gasteiger partial charge in [-0.15, -0.1) is 0 Å². The van der Waals surface area contributed by atoms with E-state index in [1.807, 2.05) is 0 Å². The van der Waals surface area contributed by atoms with Crippen molar-refractivity contribution >= 4 is 74.8 Å². The van der Waals surface area contributed by atoms with Crippen molar-refractivity contribution in [3.05, 3.63) is 54.1 Å². The van der Waals surface area contributed by atoms with Gasteiger partial charge in [0, 0.05) is 56.1 Å². The number of nitrogens with zero attached hydrogens (tertiary/aromatic N) is 2. The lowest BCUT2D eigenvalue weighted by molar-refractivity contribution is -0.139. The quantitative estimate of drug-likeness (QED) is 0.0225. The van der Waals surface area contributed by atoms with Gasteiger partial charge >= 0.3 is 5.97 Å². The molecule has 2 rings (SSSR count). The minimum Gasteiger partial charge on any atom is -0.480 e. The SMILES string of the molecule is NS(=O)(=O)c1ccc(CC(=O)CN(CCN(CC(=O)O)CC(=O)Nc2ccc(NS(=O)O)cc2)CC(=O)NCCOCCOCCOCCOCCOCCOCCOCCOCCOCCOCCOCCOCCC(=O)NCCS)cc1. The molecule has 84 heavy (non-hydrogen) atoms. The van der Waals surface area contributed by atoms with Crippen molar-refractivity contribution in [3.63, 3.8) is 0 Å². The second-order valence-electron chi connectivity index (χ2n) is 17.7. The number of nitrogens with one attached hydrogen (secondary N) is 4. The van der Waals surface area contributed by atoms with Gasteiger partial charge in [-0.25, -0.2) is 17.8 Å². The summed E-state index contributed by atoms with van der Waals surface area (Å²) in [6.45, 7) is 8.83. The second-order valence-corrected chi connectivity index (χ2v) is 20.4. The maximum atomic E-state index is 13.2. The molecule has 0 bridgehead atoms. The first-order valence-corrected chi connectivity index (χ1v) is 30.6. The lowest BCUT2D eigenvalue weighted by Crippen LogP contribution is -2.46. The molecule has 2 aromatic rings. The second kappa shape index (κ2) is 50.7. The van der Waals surface area contributed by atoms with Gasteiger partial charge in [0.15, 0.2) is 5.78 Å². The third-order valence-corrected chi connectivity index (χ3v) is 12.4. The normalized spacial score (nSPS) is 12.0. The molecule has 0 radical (unpaired) electrons. The van der Waals surface area contributed by atoms with Crippen molar-refractivity contribution in [2.24, 2.45) is 5.14 Å². The molecule has 480 valence electrons. The minimum atomic E-state index is -3.94. The van der Waals surface area contributed by atoms with Gasteiger partial charge in [0.05, 0.1) is 190 Å². The van der Waals surface area contributed by atoms with E-state index >= 15 is 0 Å². The summed E-state index contributed by atoms with van der Waals surface area (Å²) in [6.07, 6.45) is 0.214. The molecule has 32 heteroatoms. The molecule has 0 heterocycles. The molecule has 2 aromatic carbocycles. The van der Waals surface area contributed by atoms with Crippen LogP contribution in [0, 0.1) is 0 Å². The number of Topliss-reactive ketones (excluding diaryl/α,β-unsaturated/α-hetero) is 1. The van der Waals surface area contributed by atoms with Crippen LogP contribution in [0.4, 0.5) is 11.4 Å². The first kappa shape index (κ1) is 75.7. The molecule has 0 spiro atoms. The number of hydrogen-bond acceptors (Lipinski definition) is 23. The van der Waals surface area contributed by atoms with Gasteiger partial charge < -0.3 is 77.9 Å². The highest BCUT2D eigenvalue weighted by molar-refractivity contribution is 7.89. The number of primary sulfonamides is 1. The lowest BCUT2D eigenvalue weighted by Gasteiger charge is -2.26. The first-order valence-electron chi connectivity index (χ1n) is 27.3. The fraction of sp³-hybridized carbons (Fsp3) is 0.673. The Bertz CT molecular complexity index is 2200. The predicted octanol–water partition coefficient (Wildman–Crippen LogP) is -0.927. The van der Waals surface area contributed by atoms with Gasteiger partial charge in [-0.05, 0) is 42.0 Å². The highest BCUT2D eigenvalue weighted by Gasteiger charge is 2.20. The summed E-state index contributed by atoms with van der Waals surface area (Å²) < 4.78 is 111. The number of sulfonamides is 1. The molecule has 0 aliphatic heterocycles. The van der Waals surface area contributed by atoms with Crippen molar-refractivity contribution in [3.8, 4) is 0 Å². The van der Waals surface area contributed by atoms with Crippen LogP contribution in [0.5, 0.6) is 0 Å². The molecule has 1 unspecified atom stereocenters. The molecule has 0 aromatic heterocycles. The van der Waals surface area contributed by atoms with Crippen LogP contribution in [-0.4, -0.2) is 278 Å². The van der Waals surface area contributed by atoms with E-state index in [-0.39, 0.29) is 82.1 Å². The van der Waals surface area contributed by atoms with Gasteiger partial charge in [-0.1, -0.05) is 12.1 Å². The average molecular weight is 1260 g/mol. The Balaban J connectivity index is 1.45. The summed E-state index contributed by atoms with van der Waals surface area (Å²) >= 11 is 1.75. The summed E-state index contributed by atoms with van der Waals surface area (Å²) in [5.41, 5.74) is 1.18. The lowest BCUT2D eigenvalue weighted by atomic mass is 10.1.